The fourth-order valence-electron chi connectivity index (χ4n) is 2.11. The molecule has 1 aromatic carbocycles. The van der Waals surface area contributed by atoms with E-state index in [0.717, 1.165) is 0 Å². The first-order valence-electron chi connectivity index (χ1n) is 7.09. The molecular weight excluding hydrogens is 270 g/mol. The molecule has 0 bridgehead atoms. The molecule has 2 rings (SSSR count). The second-order valence-electron chi connectivity index (χ2n) is 6.11. The number of nitrogens with zero attached hydrogens (tertiary/aromatic N) is 1. The number of hydrogen-bond acceptors (Lipinski definition) is 4. The monoisotopic (exact) mass is 291 g/mol. The Hall–Kier alpha value is -2.04. The third-order valence-electron chi connectivity index (χ3n) is 3.08. The summed E-state index contributed by atoms with van der Waals surface area (Å²) in [6.07, 6.45) is 0.00338. The molecule has 1 heterocycles. The third kappa shape index (κ3) is 4.48. The standard InChI is InChI=1S/C16H21NO4/c1-16(2,3)21-15(19)17-10-9-13(11-17)20-14(18)12-7-5-4-6-8-12/h4-8,13H,9-11H2,1-3H3/t13-/m0/s1. The number of carbonyl (C=O) groups is 2. The van der Waals surface area contributed by atoms with Gasteiger partial charge in [0.1, 0.15) is 11.7 Å². The highest BCUT2D eigenvalue weighted by atomic mass is 16.6. The molecule has 0 aromatic heterocycles. The highest BCUT2D eigenvalue weighted by Gasteiger charge is 2.31. The molecule has 0 N–H and O–H groups in total. The average Bonchev–Trinajstić information content (AvgIpc) is 2.86. The first-order chi connectivity index (χ1) is 9.85. The Morgan fingerprint density at radius 2 is 1.86 bits per heavy atom. The Balaban J connectivity index is 1.86. The van der Waals surface area contributed by atoms with Gasteiger partial charge in [-0.05, 0) is 32.9 Å². The van der Waals surface area contributed by atoms with E-state index in [9.17, 15) is 9.59 Å². The van der Waals surface area contributed by atoms with Crippen molar-refractivity contribution >= 4 is 12.1 Å². The number of hydrogen-bond donors (Lipinski definition) is 0. The van der Waals surface area contributed by atoms with Crippen molar-refractivity contribution in [3.8, 4) is 0 Å². The van der Waals surface area contributed by atoms with Crippen LogP contribution < -0.4 is 0 Å². The van der Waals surface area contributed by atoms with Crippen molar-refractivity contribution in [3.05, 3.63) is 35.9 Å². The minimum Gasteiger partial charge on any atom is -0.457 e. The van der Waals surface area contributed by atoms with Gasteiger partial charge in [0.15, 0.2) is 0 Å². The summed E-state index contributed by atoms with van der Waals surface area (Å²) in [5, 5.41) is 0. The Morgan fingerprint density at radius 1 is 1.19 bits per heavy atom. The van der Waals surface area contributed by atoms with Crippen LogP contribution in [0.1, 0.15) is 37.6 Å². The van der Waals surface area contributed by atoms with Crippen molar-refractivity contribution in [3.63, 3.8) is 0 Å². The van der Waals surface area contributed by atoms with Crippen molar-refractivity contribution in [2.24, 2.45) is 0 Å². The molecule has 5 heteroatoms. The van der Waals surface area contributed by atoms with Crippen molar-refractivity contribution in [2.75, 3.05) is 13.1 Å². The van der Waals surface area contributed by atoms with Crippen LogP contribution in [0.25, 0.3) is 0 Å². The molecule has 5 nitrogen and oxygen atoms in total. The van der Waals surface area contributed by atoms with Gasteiger partial charge in [0, 0.05) is 13.0 Å². The molecular formula is C16H21NO4. The summed E-state index contributed by atoms with van der Waals surface area (Å²) in [6, 6.07) is 8.85. The summed E-state index contributed by atoms with van der Waals surface area (Å²) in [5.41, 5.74) is 0.00353. The van der Waals surface area contributed by atoms with Gasteiger partial charge < -0.3 is 14.4 Å². The van der Waals surface area contributed by atoms with Gasteiger partial charge in [-0.25, -0.2) is 9.59 Å². The maximum Gasteiger partial charge on any atom is 0.410 e. The second kappa shape index (κ2) is 6.16. The summed E-state index contributed by atoms with van der Waals surface area (Å²) in [6.45, 7) is 6.41. The zero-order chi connectivity index (χ0) is 15.5. The number of rotatable bonds is 2. The minimum absolute atomic E-state index is 0.273. The smallest absolute Gasteiger partial charge is 0.410 e. The van der Waals surface area contributed by atoms with E-state index < -0.39 is 5.60 Å². The number of esters is 1. The predicted octanol–water partition coefficient (Wildman–Crippen LogP) is 2.85. The van der Waals surface area contributed by atoms with Crippen LogP contribution in [0.4, 0.5) is 4.79 Å². The van der Waals surface area contributed by atoms with Gasteiger partial charge in [0.2, 0.25) is 0 Å². The van der Waals surface area contributed by atoms with Gasteiger partial charge in [-0.2, -0.15) is 0 Å². The Bertz CT molecular complexity index is 507. The molecule has 1 aliphatic rings. The molecule has 0 aliphatic carbocycles. The molecule has 0 saturated carbocycles. The molecule has 1 aliphatic heterocycles. The number of ether oxygens (including phenoxy) is 2. The van der Waals surface area contributed by atoms with Gasteiger partial charge in [-0.3, -0.25) is 0 Å². The van der Waals surface area contributed by atoms with E-state index in [4.69, 9.17) is 9.47 Å². The van der Waals surface area contributed by atoms with Gasteiger partial charge >= 0.3 is 12.1 Å². The fraction of sp³-hybridized carbons (Fsp3) is 0.500. The van der Waals surface area contributed by atoms with E-state index in [0.29, 0.717) is 25.1 Å². The second-order valence-corrected chi connectivity index (χ2v) is 6.11. The molecule has 114 valence electrons. The SMILES string of the molecule is CC(C)(C)OC(=O)N1CC[C@H](OC(=O)c2ccccc2)C1. The molecule has 1 aromatic rings. The molecule has 0 radical (unpaired) electrons. The van der Waals surface area contributed by atoms with E-state index >= 15 is 0 Å². The first kappa shape index (κ1) is 15.4. The fourth-order valence-corrected chi connectivity index (χ4v) is 2.11. The van der Waals surface area contributed by atoms with Crippen molar-refractivity contribution in [2.45, 2.75) is 38.9 Å². The first-order valence-corrected chi connectivity index (χ1v) is 7.09. The van der Waals surface area contributed by atoms with Crippen molar-refractivity contribution in [1.29, 1.82) is 0 Å². The zero-order valence-corrected chi connectivity index (χ0v) is 12.7. The molecule has 0 spiro atoms. The normalized spacial score (nSPS) is 18.4. The molecule has 0 unspecified atom stereocenters. The van der Waals surface area contributed by atoms with Crippen LogP contribution in [-0.2, 0) is 9.47 Å². The van der Waals surface area contributed by atoms with Gasteiger partial charge in [0.05, 0.1) is 12.1 Å². The molecule has 21 heavy (non-hydrogen) atoms. The Kier molecular flexibility index (Phi) is 4.50. The van der Waals surface area contributed by atoms with Crippen molar-refractivity contribution < 1.29 is 19.1 Å². The van der Waals surface area contributed by atoms with E-state index in [-0.39, 0.29) is 18.2 Å². The van der Waals surface area contributed by atoms with E-state index in [1.165, 1.54) is 0 Å². The van der Waals surface area contributed by atoms with E-state index in [2.05, 4.69) is 0 Å². The Morgan fingerprint density at radius 3 is 2.48 bits per heavy atom. The lowest BCUT2D eigenvalue weighted by molar-refractivity contribution is 0.0191. The molecule has 1 fully saturated rings. The highest BCUT2D eigenvalue weighted by molar-refractivity contribution is 5.89. The van der Waals surface area contributed by atoms with Gasteiger partial charge in [0.25, 0.3) is 0 Å². The topological polar surface area (TPSA) is 55.8 Å². The summed E-state index contributed by atoms with van der Waals surface area (Å²) >= 11 is 0. The summed E-state index contributed by atoms with van der Waals surface area (Å²) in [4.78, 5) is 25.5. The lowest BCUT2D eigenvalue weighted by Crippen LogP contribution is -2.36. The third-order valence-corrected chi connectivity index (χ3v) is 3.08. The summed E-state index contributed by atoms with van der Waals surface area (Å²) in [7, 11) is 0. The number of amides is 1. The number of benzene rings is 1. The molecule has 1 atom stereocenters. The lowest BCUT2D eigenvalue weighted by Gasteiger charge is -2.24. The van der Waals surface area contributed by atoms with Crippen LogP contribution >= 0.6 is 0 Å². The van der Waals surface area contributed by atoms with E-state index in [1.807, 2.05) is 26.8 Å². The maximum absolute atomic E-state index is 11.9. The maximum atomic E-state index is 11.9. The number of likely N-dealkylation sites (tertiary alicyclic amines) is 1. The predicted molar refractivity (Wildman–Crippen MR) is 78.1 cm³/mol. The van der Waals surface area contributed by atoms with Crippen LogP contribution in [0.2, 0.25) is 0 Å². The minimum atomic E-state index is -0.518. The van der Waals surface area contributed by atoms with Gasteiger partial charge in [-0.15, -0.1) is 0 Å². The molecule has 1 amide bonds. The Labute approximate surface area is 124 Å². The van der Waals surface area contributed by atoms with Crippen LogP contribution in [0, 0.1) is 0 Å². The quantitative estimate of drug-likeness (QED) is 0.786. The van der Waals surface area contributed by atoms with Crippen molar-refractivity contribution in [1.82, 2.24) is 4.90 Å². The van der Waals surface area contributed by atoms with Gasteiger partial charge in [-0.1, -0.05) is 18.2 Å². The lowest BCUT2D eigenvalue weighted by atomic mass is 10.2. The van der Waals surface area contributed by atoms with E-state index in [1.54, 1.807) is 29.2 Å². The van der Waals surface area contributed by atoms with Crippen LogP contribution in [-0.4, -0.2) is 41.8 Å². The largest absolute Gasteiger partial charge is 0.457 e. The van der Waals surface area contributed by atoms with Crippen LogP contribution in [0.3, 0.4) is 0 Å². The average molecular weight is 291 g/mol. The summed E-state index contributed by atoms with van der Waals surface area (Å²) < 4.78 is 10.7. The number of carbonyl (C=O) groups excluding carboxylic acids is 2. The molecule has 1 saturated heterocycles. The summed E-state index contributed by atoms with van der Waals surface area (Å²) in [5.74, 6) is -0.355. The van der Waals surface area contributed by atoms with Crippen LogP contribution in [0.5, 0.6) is 0 Å². The zero-order valence-electron chi connectivity index (χ0n) is 12.7. The van der Waals surface area contributed by atoms with Crippen LogP contribution in [0.15, 0.2) is 30.3 Å². The highest BCUT2D eigenvalue weighted by Crippen LogP contribution is 2.18.